The Balaban J connectivity index is 2.08. The van der Waals surface area contributed by atoms with Crippen LogP contribution in [0.2, 0.25) is 0 Å². The number of nitrogens with zero attached hydrogens (tertiary/aromatic N) is 1. The molecule has 43 heavy (non-hydrogen) atoms. The van der Waals surface area contributed by atoms with Gasteiger partial charge in [-0.15, -0.1) is 11.8 Å². The lowest BCUT2D eigenvalue weighted by atomic mass is 9.99. The summed E-state index contributed by atoms with van der Waals surface area (Å²) in [5.41, 5.74) is 4.76. The zero-order chi connectivity index (χ0) is 31.9. The minimum Gasteiger partial charge on any atom is -0.370 e. The molecule has 0 spiro atoms. The Morgan fingerprint density at radius 1 is 1.09 bits per heavy atom. The molecule has 3 rings (SSSR count). The van der Waals surface area contributed by atoms with Crippen LogP contribution in [-0.2, 0) is 24.0 Å². The summed E-state index contributed by atoms with van der Waals surface area (Å²) in [6, 6.07) is 1.41. The molecule has 2 aliphatic heterocycles. The number of carbonyl (C=O) groups is 5. The van der Waals surface area contributed by atoms with Crippen LogP contribution in [0.1, 0.15) is 66.7 Å². The molecule has 0 radical (unpaired) electrons. The van der Waals surface area contributed by atoms with Crippen molar-refractivity contribution >= 4 is 41.3 Å². The number of halogens is 1. The van der Waals surface area contributed by atoms with Crippen LogP contribution in [0, 0.1) is 11.7 Å². The highest BCUT2D eigenvalue weighted by molar-refractivity contribution is 7.99. The number of nitrogens with two attached hydrogens (primary N) is 1. The van der Waals surface area contributed by atoms with Crippen molar-refractivity contribution in [2.75, 3.05) is 12.3 Å². The van der Waals surface area contributed by atoms with E-state index in [0.717, 1.165) is 0 Å². The van der Waals surface area contributed by atoms with E-state index in [-0.39, 0.29) is 36.3 Å². The van der Waals surface area contributed by atoms with Gasteiger partial charge >= 0.3 is 0 Å². The topological polar surface area (TPSA) is 163 Å². The van der Waals surface area contributed by atoms with Crippen molar-refractivity contribution in [1.82, 2.24) is 26.2 Å². The van der Waals surface area contributed by atoms with Gasteiger partial charge in [-0.1, -0.05) is 19.9 Å². The number of nitrogens with one attached hydrogen (secondary N) is 4. The Morgan fingerprint density at radius 3 is 2.40 bits per heavy atom. The van der Waals surface area contributed by atoms with Crippen molar-refractivity contribution in [2.24, 2.45) is 11.7 Å². The minimum absolute atomic E-state index is 0.0519. The quantitative estimate of drug-likeness (QED) is 0.261. The molecule has 1 aromatic rings. The first kappa shape index (κ1) is 34.3. The van der Waals surface area contributed by atoms with E-state index in [4.69, 9.17) is 5.73 Å². The lowest BCUT2D eigenvalue weighted by Crippen LogP contribution is -2.67. The fraction of sp³-hybridized carbons (Fsp3) is 0.633. The number of primary amides is 1. The molecule has 2 fully saturated rings. The maximum absolute atomic E-state index is 14.0. The minimum atomic E-state index is -1.15. The predicted molar refractivity (Wildman–Crippen MR) is 162 cm³/mol. The van der Waals surface area contributed by atoms with Gasteiger partial charge in [-0.2, -0.15) is 0 Å². The first-order chi connectivity index (χ1) is 20.1. The first-order valence-corrected chi connectivity index (χ1v) is 15.8. The molecule has 5 amide bonds. The van der Waals surface area contributed by atoms with Crippen molar-refractivity contribution in [2.45, 2.75) is 107 Å². The summed E-state index contributed by atoms with van der Waals surface area (Å²) in [5, 5.41) is 11.6. The third-order valence-corrected chi connectivity index (χ3v) is 8.42. The van der Waals surface area contributed by atoms with Gasteiger partial charge in [0.25, 0.3) is 0 Å². The molecule has 13 heteroatoms. The molecule has 5 atom stereocenters. The third-order valence-electron chi connectivity index (χ3n) is 7.31. The smallest absolute Gasteiger partial charge is 0.243 e. The van der Waals surface area contributed by atoms with Gasteiger partial charge in [-0.05, 0) is 77.1 Å². The normalized spacial score (nSPS) is 25.6. The largest absolute Gasteiger partial charge is 0.370 e. The number of thioether (sulfide) groups is 1. The molecule has 11 nitrogen and oxygen atoms in total. The Bertz CT molecular complexity index is 1190. The Morgan fingerprint density at radius 2 is 1.77 bits per heavy atom. The van der Waals surface area contributed by atoms with Crippen LogP contribution >= 0.6 is 11.8 Å². The van der Waals surface area contributed by atoms with Gasteiger partial charge in [0.1, 0.15) is 23.9 Å². The van der Waals surface area contributed by atoms with Crippen molar-refractivity contribution in [3.05, 3.63) is 30.1 Å². The van der Waals surface area contributed by atoms with Crippen molar-refractivity contribution in [1.29, 1.82) is 0 Å². The molecule has 1 aromatic carbocycles. The number of carbonyl (C=O) groups excluding carboxylic acids is 5. The van der Waals surface area contributed by atoms with E-state index in [1.807, 2.05) is 34.6 Å². The van der Waals surface area contributed by atoms with E-state index < -0.39 is 59.3 Å². The number of hydrogen-bond acceptors (Lipinski definition) is 7. The van der Waals surface area contributed by atoms with Gasteiger partial charge in [-0.3, -0.25) is 28.9 Å². The second kappa shape index (κ2) is 15.0. The second-order valence-corrected chi connectivity index (χ2v) is 13.8. The maximum atomic E-state index is 14.0. The zero-order valence-electron chi connectivity index (χ0n) is 25.6. The molecular formula is C30H45FN6O5S. The van der Waals surface area contributed by atoms with Crippen LogP contribution in [0.4, 0.5) is 4.39 Å². The molecule has 0 aliphatic carbocycles. The number of rotatable bonds is 9. The molecule has 0 saturated carbocycles. The van der Waals surface area contributed by atoms with E-state index >= 15 is 0 Å². The van der Waals surface area contributed by atoms with Gasteiger partial charge in [0.2, 0.25) is 29.5 Å². The standard InChI is InChI=1S/C30H45FN6O5S/c1-17(2)14-21-27(40)33-20(11-12-24(32)38)26(39)35-22(16-43-19-9-6-8-18(31)15-19)25(29(42)36-30(3,4)5)37-13-7-10-23(37)28(41)34-21/h6,8-9,15,17,20-23,25H,7,10-14,16H2,1-5H3,(H2,32,38)(H,33,40)(H,34,41)(H,35,39)(H,36,42)/t20-,21-,22-,23-,25-/m0/s1. The summed E-state index contributed by atoms with van der Waals surface area (Å²) >= 11 is 1.26. The lowest BCUT2D eigenvalue weighted by Gasteiger charge is -2.39. The van der Waals surface area contributed by atoms with E-state index in [1.165, 1.54) is 23.9 Å². The Labute approximate surface area is 257 Å². The van der Waals surface area contributed by atoms with E-state index in [9.17, 15) is 28.4 Å². The summed E-state index contributed by atoms with van der Waals surface area (Å²) < 4.78 is 14.0. The molecular weight excluding hydrogens is 575 g/mol. The fourth-order valence-electron chi connectivity index (χ4n) is 5.45. The van der Waals surface area contributed by atoms with Crippen LogP contribution in [-0.4, -0.2) is 82.5 Å². The van der Waals surface area contributed by atoms with Gasteiger partial charge < -0.3 is 27.0 Å². The molecule has 0 aromatic heterocycles. The summed E-state index contributed by atoms with van der Waals surface area (Å²) in [6.45, 7) is 9.79. The van der Waals surface area contributed by atoms with E-state index in [2.05, 4.69) is 21.3 Å². The second-order valence-electron chi connectivity index (χ2n) is 12.7. The van der Waals surface area contributed by atoms with Crippen LogP contribution < -0.4 is 27.0 Å². The summed E-state index contributed by atoms with van der Waals surface area (Å²) in [6.07, 6.45) is 1.21. The van der Waals surface area contributed by atoms with Crippen LogP contribution in [0.25, 0.3) is 0 Å². The van der Waals surface area contributed by atoms with Crippen LogP contribution in [0.5, 0.6) is 0 Å². The number of hydrogen-bond donors (Lipinski definition) is 5. The van der Waals surface area contributed by atoms with Gasteiger partial charge in [0.15, 0.2) is 0 Å². The Kier molecular flexibility index (Phi) is 12.0. The zero-order valence-corrected chi connectivity index (χ0v) is 26.4. The monoisotopic (exact) mass is 620 g/mol. The maximum Gasteiger partial charge on any atom is 0.243 e. The number of benzene rings is 1. The Hall–Kier alpha value is -3.19. The SMILES string of the molecule is CC(C)C[C@@H]1NC(=O)[C@@H]2CCCN2[C@H](C(=O)NC(C)(C)C)[C@H](CSc2cccc(F)c2)NC(=O)[C@H](CCC(N)=O)NC1=O. The lowest BCUT2D eigenvalue weighted by molar-refractivity contribution is -0.138. The molecule has 0 bridgehead atoms. The van der Waals surface area contributed by atoms with Crippen molar-refractivity contribution < 1.29 is 28.4 Å². The average Bonchev–Trinajstić information content (AvgIpc) is 3.36. The van der Waals surface area contributed by atoms with Gasteiger partial charge in [0.05, 0.1) is 12.1 Å². The molecule has 2 heterocycles. The summed E-state index contributed by atoms with van der Waals surface area (Å²) in [5.74, 6) is -2.71. The average molecular weight is 621 g/mol. The van der Waals surface area contributed by atoms with Crippen LogP contribution in [0.3, 0.4) is 0 Å². The van der Waals surface area contributed by atoms with E-state index in [0.29, 0.717) is 30.7 Å². The summed E-state index contributed by atoms with van der Waals surface area (Å²) in [7, 11) is 0. The fourth-order valence-corrected chi connectivity index (χ4v) is 6.46. The highest BCUT2D eigenvalue weighted by atomic mass is 32.2. The predicted octanol–water partition coefficient (Wildman–Crippen LogP) is 1.45. The van der Waals surface area contributed by atoms with Crippen molar-refractivity contribution in [3.8, 4) is 0 Å². The summed E-state index contributed by atoms with van der Waals surface area (Å²) in [4.78, 5) is 69.0. The highest BCUT2D eigenvalue weighted by Crippen LogP contribution is 2.27. The highest BCUT2D eigenvalue weighted by Gasteiger charge is 2.45. The molecule has 0 unspecified atom stereocenters. The van der Waals surface area contributed by atoms with Crippen molar-refractivity contribution in [3.63, 3.8) is 0 Å². The first-order valence-electron chi connectivity index (χ1n) is 14.8. The number of amides is 5. The molecule has 6 N–H and O–H groups in total. The van der Waals surface area contributed by atoms with Crippen LogP contribution in [0.15, 0.2) is 29.2 Å². The van der Waals surface area contributed by atoms with Gasteiger partial charge in [0, 0.05) is 22.6 Å². The van der Waals surface area contributed by atoms with E-state index in [1.54, 1.807) is 17.0 Å². The molecule has 2 saturated heterocycles. The molecule has 2 aliphatic rings. The third kappa shape index (κ3) is 10.2. The number of fused-ring (bicyclic) bond motifs is 1. The molecule has 238 valence electrons. The van der Waals surface area contributed by atoms with Gasteiger partial charge in [-0.25, -0.2) is 4.39 Å².